The molecule has 0 spiro atoms. The van der Waals surface area contributed by atoms with E-state index in [-0.39, 0.29) is 17.9 Å². The molecule has 5 nitrogen and oxygen atoms in total. The quantitative estimate of drug-likeness (QED) is 0.356. The predicted molar refractivity (Wildman–Crippen MR) is 63.4 cm³/mol. The van der Waals surface area contributed by atoms with Crippen LogP contribution in [0.15, 0.2) is 18.2 Å². The number of rotatable bonds is 5. The lowest BCUT2D eigenvalue weighted by Crippen LogP contribution is -2.44. The minimum Gasteiger partial charge on any atom is -0.492 e. The van der Waals surface area contributed by atoms with Crippen LogP contribution in [-0.4, -0.2) is 18.8 Å². The summed E-state index contributed by atoms with van der Waals surface area (Å²) >= 11 is 0. The monoisotopic (exact) mass is 254 g/mol. The topological polar surface area (TPSA) is 81.4 Å². The Labute approximate surface area is 104 Å². The SMILES string of the molecule is CC(C)(COc1cc(F)cc(C=O)c1)C(=O)NN. The van der Waals surface area contributed by atoms with Gasteiger partial charge in [-0.3, -0.25) is 15.0 Å². The molecule has 0 unspecified atom stereocenters. The van der Waals surface area contributed by atoms with E-state index in [1.165, 1.54) is 6.07 Å². The number of carbonyl (C=O) groups is 2. The number of hydrogen-bond donors (Lipinski definition) is 2. The van der Waals surface area contributed by atoms with Crippen LogP contribution in [0, 0.1) is 11.2 Å². The van der Waals surface area contributed by atoms with Crippen molar-refractivity contribution in [3.63, 3.8) is 0 Å². The first-order chi connectivity index (χ1) is 8.39. The lowest BCUT2D eigenvalue weighted by molar-refractivity contribution is -0.130. The summed E-state index contributed by atoms with van der Waals surface area (Å²) in [6, 6.07) is 3.63. The number of halogens is 1. The van der Waals surface area contributed by atoms with Gasteiger partial charge in [0.2, 0.25) is 5.91 Å². The fraction of sp³-hybridized carbons (Fsp3) is 0.333. The van der Waals surface area contributed by atoms with Crippen molar-refractivity contribution in [3.8, 4) is 5.75 Å². The molecule has 0 radical (unpaired) electrons. The van der Waals surface area contributed by atoms with Gasteiger partial charge in [-0.25, -0.2) is 10.2 Å². The van der Waals surface area contributed by atoms with Crippen molar-refractivity contribution in [2.45, 2.75) is 13.8 Å². The molecule has 1 aromatic rings. The Morgan fingerprint density at radius 1 is 1.50 bits per heavy atom. The maximum absolute atomic E-state index is 13.1. The summed E-state index contributed by atoms with van der Waals surface area (Å²) in [4.78, 5) is 22.0. The standard InChI is InChI=1S/C12H15FN2O3/c1-12(2,11(17)15-14)7-18-10-4-8(6-16)3-9(13)5-10/h3-6H,7,14H2,1-2H3,(H,15,17). The number of aldehydes is 1. The molecule has 98 valence electrons. The average molecular weight is 254 g/mol. The average Bonchev–Trinajstić information content (AvgIpc) is 2.34. The number of nitrogens with one attached hydrogen (secondary N) is 1. The van der Waals surface area contributed by atoms with Crippen molar-refractivity contribution < 1.29 is 18.7 Å². The number of nitrogens with two attached hydrogens (primary N) is 1. The zero-order chi connectivity index (χ0) is 13.8. The number of benzene rings is 1. The molecule has 6 heteroatoms. The molecule has 0 fully saturated rings. The Bertz CT molecular complexity index is 461. The molecule has 0 saturated carbocycles. The Kier molecular flexibility index (Phi) is 4.38. The zero-order valence-corrected chi connectivity index (χ0v) is 10.2. The van der Waals surface area contributed by atoms with Crippen molar-refractivity contribution in [1.29, 1.82) is 0 Å². The second-order valence-corrected chi connectivity index (χ2v) is 4.48. The van der Waals surface area contributed by atoms with Crippen LogP contribution >= 0.6 is 0 Å². The Hall–Kier alpha value is -1.95. The normalized spacial score (nSPS) is 10.9. The van der Waals surface area contributed by atoms with E-state index in [2.05, 4.69) is 0 Å². The number of hydrazine groups is 1. The highest BCUT2D eigenvalue weighted by molar-refractivity contribution is 5.81. The van der Waals surface area contributed by atoms with E-state index in [1.807, 2.05) is 5.43 Å². The van der Waals surface area contributed by atoms with Crippen molar-refractivity contribution in [3.05, 3.63) is 29.6 Å². The summed E-state index contributed by atoms with van der Waals surface area (Å²) in [5, 5.41) is 0. The molecular formula is C12H15FN2O3. The minimum absolute atomic E-state index is 0.0117. The van der Waals surface area contributed by atoms with E-state index >= 15 is 0 Å². The van der Waals surface area contributed by atoms with Gasteiger partial charge in [0.1, 0.15) is 24.5 Å². The molecule has 0 saturated heterocycles. The number of hydrogen-bond acceptors (Lipinski definition) is 4. The largest absolute Gasteiger partial charge is 0.492 e. The van der Waals surface area contributed by atoms with Gasteiger partial charge in [-0.15, -0.1) is 0 Å². The van der Waals surface area contributed by atoms with E-state index in [4.69, 9.17) is 10.6 Å². The van der Waals surface area contributed by atoms with Crippen molar-refractivity contribution in [2.75, 3.05) is 6.61 Å². The predicted octanol–water partition coefficient (Wildman–Crippen LogP) is 1.03. The second kappa shape index (κ2) is 5.59. The highest BCUT2D eigenvalue weighted by Gasteiger charge is 2.28. The van der Waals surface area contributed by atoms with Crippen LogP contribution in [0.4, 0.5) is 4.39 Å². The van der Waals surface area contributed by atoms with Crippen LogP contribution in [-0.2, 0) is 4.79 Å². The van der Waals surface area contributed by atoms with E-state index in [1.54, 1.807) is 13.8 Å². The van der Waals surface area contributed by atoms with Gasteiger partial charge in [0.05, 0.1) is 5.41 Å². The maximum atomic E-state index is 13.1. The lowest BCUT2D eigenvalue weighted by Gasteiger charge is -2.22. The van der Waals surface area contributed by atoms with E-state index in [9.17, 15) is 14.0 Å². The highest BCUT2D eigenvalue weighted by Crippen LogP contribution is 2.20. The van der Waals surface area contributed by atoms with Gasteiger partial charge in [-0.1, -0.05) is 0 Å². The summed E-state index contributed by atoms with van der Waals surface area (Å²) in [7, 11) is 0. The van der Waals surface area contributed by atoms with Crippen LogP contribution in [0.3, 0.4) is 0 Å². The summed E-state index contributed by atoms with van der Waals surface area (Å²) in [6.07, 6.45) is 0.522. The van der Waals surface area contributed by atoms with Crippen LogP contribution in [0.25, 0.3) is 0 Å². The molecule has 3 N–H and O–H groups in total. The molecule has 0 aliphatic heterocycles. The van der Waals surface area contributed by atoms with E-state index < -0.39 is 17.1 Å². The van der Waals surface area contributed by atoms with Gasteiger partial charge in [0, 0.05) is 11.6 Å². The van der Waals surface area contributed by atoms with Crippen LogP contribution in [0.1, 0.15) is 24.2 Å². The molecule has 0 aliphatic rings. The minimum atomic E-state index is -0.859. The lowest BCUT2D eigenvalue weighted by atomic mass is 9.94. The van der Waals surface area contributed by atoms with Crippen LogP contribution in [0.5, 0.6) is 5.75 Å². The van der Waals surface area contributed by atoms with Gasteiger partial charge >= 0.3 is 0 Å². The Morgan fingerprint density at radius 2 is 2.17 bits per heavy atom. The highest BCUT2D eigenvalue weighted by atomic mass is 19.1. The van der Waals surface area contributed by atoms with Gasteiger partial charge in [-0.2, -0.15) is 0 Å². The number of amides is 1. The molecule has 0 aliphatic carbocycles. The number of carbonyl (C=O) groups excluding carboxylic acids is 2. The van der Waals surface area contributed by atoms with E-state index in [0.29, 0.717) is 6.29 Å². The van der Waals surface area contributed by atoms with Crippen molar-refractivity contribution in [1.82, 2.24) is 5.43 Å². The molecule has 1 rings (SSSR count). The van der Waals surface area contributed by atoms with Crippen LogP contribution in [0.2, 0.25) is 0 Å². The Balaban J connectivity index is 2.77. The summed E-state index contributed by atoms with van der Waals surface area (Å²) in [6.45, 7) is 3.28. The first kappa shape index (κ1) is 14.1. The van der Waals surface area contributed by atoms with Crippen molar-refractivity contribution >= 4 is 12.2 Å². The summed E-state index contributed by atoms with van der Waals surface area (Å²) in [5.41, 5.74) is 1.34. The van der Waals surface area contributed by atoms with E-state index in [0.717, 1.165) is 12.1 Å². The third kappa shape index (κ3) is 3.53. The Morgan fingerprint density at radius 3 is 2.72 bits per heavy atom. The first-order valence-electron chi connectivity index (χ1n) is 5.28. The third-order valence-electron chi connectivity index (χ3n) is 2.38. The molecule has 0 aromatic heterocycles. The molecule has 18 heavy (non-hydrogen) atoms. The molecule has 1 aromatic carbocycles. The molecular weight excluding hydrogens is 239 g/mol. The zero-order valence-electron chi connectivity index (χ0n) is 10.2. The number of ether oxygens (including phenoxy) is 1. The summed E-state index contributed by atoms with van der Waals surface area (Å²) < 4.78 is 18.4. The fourth-order valence-corrected chi connectivity index (χ4v) is 1.26. The van der Waals surface area contributed by atoms with Gasteiger partial charge in [0.25, 0.3) is 0 Å². The maximum Gasteiger partial charge on any atom is 0.242 e. The molecule has 0 bridgehead atoms. The van der Waals surface area contributed by atoms with Gasteiger partial charge in [0.15, 0.2) is 0 Å². The smallest absolute Gasteiger partial charge is 0.242 e. The first-order valence-corrected chi connectivity index (χ1v) is 5.28. The second-order valence-electron chi connectivity index (χ2n) is 4.48. The van der Waals surface area contributed by atoms with Gasteiger partial charge in [-0.05, 0) is 26.0 Å². The molecule has 0 heterocycles. The summed E-state index contributed by atoms with van der Waals surface area (Å²) in [5.74, 6) is 4.26. The molecule has 0 atom stereocenters. The van der Waals surface area contributed by atoms with Crippen molar-refractivity contribution in [2.24, 2.45) is 11.3 Å². The third-order valence-corrected chi connectivity index (χ3v) is 2.38. The molecule has 1 amide bonds. The van der Waals surface area contributed by atoms with Gasteiger partial charge < -0.3 is 4.74 Å². The fourth-order valence-electron chi connectivity index (χ4n) is 1.26. The van der Waals surface area contributed by atoms with Crippen LogP contribution < -0.4 is 16.0 Å².